The van der Waals surface area contributed by atoms with Crippen molar-refractivity contribution in [3.05, 3.63) is 0 Å². The van der Waals surface area contributed by atoms with Crippen LogP contribution in [0.2, 0.25) is 0 Å². The zero-order chi connectivity index (χ0) is 12.9. The van der Waals surface area contributed by atoms with E-state index in [1.54, 1.807) is 0 Å². The van der Waals surface area contributed by atoms with Crippen molar-refractivity contribution in [3.63, 3.8) is 0 Å². The molecule has 10 heteroatoms. The van der Waals surface area contributed by atoms with Crippen molar-refractivity contribution in [2.45, 2.75) is 12.5 Å². The van der Waals surface area contributed by atoms with Crippen LogP contribution in [-0.4, -0.2) is 45.7 Å². The molecule has 0 rings (SSSR count). The average Bonchev–Trinajstić information content (AvgIpc) is 2.16. The lowest BCUT2D eigenvalue weighted by Crippen LogP contribution is -2.54. The third-order valence-corrected chi connectivity index (χ3v) is 1.80. The van der Waals surface area contributed by atoms with Gasteiger partial charge < -0.3 is 16.6 Å². The van der Waals surface area contributed by atoms with Crippen LogP contribution >= 0.6 is 0 Å². The maximum absolute atomic E-state index is 10.7. The van der Waals surface area contributed by atoms with E-state index in [1.165, 1.54) is 0 Å². The molecule has 0 aliphatic rings. The second kappa shape index (κ2) is 5.72. The molecule has 92 valence electrons. The van der Waals surface area contributed by atoms with E-state index in [9.17, 15) is 14.4 Å². The third-order valence-electron chi connectivity index (χ3n) is 1.80. The molecule has 0 aliphatic carbocycles. The maximum Gasteiger partial charge on any atom is 0.329 e. The first-order valence-electron chi connectivity index (χ1n) is 4.15. The number of hydrazine groups is 2. The number of hydrogen-bond acceptors (Lipinski definition) is 5. The first-order chi connectivity index (χ1) is 7.27. The van der Waals surface area contributed by atoms with Crippen LogP contribution in [0.4, 0.5) is 9.59 Å². The molecule has 1 atom stereocenters. The summed E-state index contributed by atoms with van der Waals surface area (Å²) in [6, 6.07) is -3.40. The molecule has 10 nitrogen and oxygen atoms in total. The summed E-state index contributed by atoms with van der Waals surface area (Å²) in [6.07, 6.45) is -0.186. The van der Waals surface area contributed by atoms with Crippen LogP contribution in [0, 0.1) is 0 Å². The topological polar surface area (TPSA) is 182 Å². The molecule has 0 saturated heterocycles. The van der Waals surface area contributed by atoms with Gasteiger partial charge in [0, 0.05) is 6.54 Å². The second-order valence-corrected chi connectivity index (χ2v) is 2.92. The number of carbonyl (C=O) groups is 3. The lowest BCUT2D eigenvalue weighted by molar-refractivity contribution is -0.142. The number of aliphatic carboxylic acids is 1. The zero-order valence-corrected chi connectivity index (χ0v) is 8.37. The highest BCUT2D eigenvalue weighted by atomic mass is 16.4. The van der Waals surface area contributed by atoms with Gasteiger partial charge in [-0.25, -0.2) is 31.1 Å². The third kappa shape index (κ3) is 3.98. The van der Waals surface area contributed by atoms with Crippen LogP contribution in [-0.2, 0) is 4.79 Å². The summed E-state index contributed by atoms with van der Waals surface area (Å²) in [5, 5.41) is 9.69. The van der Waals surface area contributed by atoms with Crippen LogP contribution in [0.3, 0.4) is 0 Å². The predicted octanol–water partition coefficient (Wildman–Crippen LogP) is -2.66. The Morgan fingerprint density at radius 2 is 1.62 bits per heavy atom. The Morgan fingerprint density at radius 3 is 1.94 bits per heavy atom. The summed E-state index contributed by atoms with van der Waals surface area (Å²) in [4.78, 5) is 31.9. The maximum atomic E-state index is 10.7. The summed E-state index contributed by atoms with van der Waals surface area (Å²) in [5.41, 5.74) is 9.62. The normalized spacial score (nSPS) is 11.6. The Bertz CT molecular complexity index is 295. The molecule has 1 unspecified atom stereocenters. The van der Waals surface area contributed by atoms with Gasteiger partial charge in [0.25, 0.3) is 0 Å². The van der Waals surface area contributed by atoms with E-state index in [-0.39, 0.29) is 13.0 Å². The number of carboxylic acids is 1. The van der Waals surface area contributed by atoms with Crippen molar-refractivity contribution in [2.24, 2.45) is 23.2 Å². The Balaban J connectivity index is 4.42. The van der Waals surface area contributed by atoms with E-state index in [4.69, 9.17) is 28.3 Å². The molecular weight excluding hydrogens is 220 g/mol. The molecule has 0 saturated carbocycles. The Labute approximate surface area is 90.7 Å². The predicted molar refractivity (Wildman–Crippen MR) is 52.1 cm³/mol. The molecule has 0 heterocycles. The highest BCUT2D eigenvalue weighted by Crippen LogP contribution is 2.01. The molecule has 0 spiro atoms. The average molecular weight is 234 g/mol. The minimum Gasteiger partial charge on any atom is -0.480 e. The summed E-state index contributed by atoms with van der Waals surface area (Å²) < 4.78 is 0. The minimum atomic E-state index is -1.37. The minimum absolute atomic E-state index is 0.173. The summed E-state index contributed by atoms with van der Waals surface area (Å²) >= 11 is 0. The fourth-order valence-corrected chi connectivity index (χ4v) is 0.907. The van der Waals surface area contributed by atoms with E-state index in [0.29, 0.717) is 10.0 Å². The van der Waals surface area contributed by atoms with Crippen LogP contribution in [0.25, 0.3) is 0 Å². The number of carbonyl (C=O) groups excluding carboxylic acids is 2. The number of amides is 4. The monoisotopic (exact) mass is 234 g/mol. The van der Waals surface area contributed by atoms with Gasteiger partial charge in [0.1, 0.15) is 6.04 Å². The van der Waals surface area contributed by atoms with Crippen LogP contribution in [0.1, 0.15) is 6.42 Å². The quantitative estimate of drug-likeness (QED) is 0.196. The van der Waals surface area contributed by atoms with Crippen molar-refractivity contribution in [2.75, 3.05) is 6.54 Å². The van der Waals surface area contributed by atoms with Gasteiger partial charge in [-0.2, -0.15) is 0 Å². The van der Waals surface area contributed by atoms with Crippen molar-refractivity contribution >= 4 is 18.0 Å². The van der Waals surface area contributed by atoms with Gasteiger partial charge >= 0.3 is 18.0 Å². The molecule has 0 aliphatic heterocycles. The molecular formula is C6H14N6O4. The molecule has 0 aromatic carbocycles. The van der Waals surface area contributed by atoms with E-state index in [2.05, 4.69) is 0 Å². The van der Waals surface area contributed by atoms with E-state index in [0.717, 1.165) is 0 Å². The van der Waals surface area contributed by atoms with Gasteiger partial charge in [-0.3, -0.25) is 5.01 Å². The Kier molecular flexibility index (Phi) is 4.98. The number of nitrogens with zero attached hydrogens (tertiary/aromatic N) is 2. The van der Waals surface area contributed by atoms with Crippen molar-refractivity contribution in [1.82, 2.24) is 10.0 Å². The molecule has 0 aromatic heterocycles. The number of hydrogen-bond donors (Lipinski definition) is 5. The summed E-state index contributed by atoms with van der Waals surface area (Å²) in [5.74, 6) is 8.90. The molecule has 4 amide bonds. The highest BCUT2D eigenvalue weighted by Gasteiger charge is 2.26. The largest absolute Gasteiger partial charge is 0.480 e. The number of carboxylic acid groups (broad SMARTS) is 1. The first kappa shape index (κ1) is 13.9. The molecule has 9 N–H and O–H groups in total. The van der Waals surface area contributed by atoms with Gasteiger partial charge in [-0.1, -0.05) is 0 Å². The molecule has 0 radical (unpaired) electrons. The summed E-state index contributed by atoms with van der Waals surface area (Å²) in [6.45, 7) is -0.173. The van der Waals surface area contributed by atoms with Crippen LogP contribution < -0.4 is 23.2 Å². The number of primary amides is 2. The van der Waals surface area contributed by atoms with Crippen LogP contribution in [0.5, 0.6) is 0 Å². The lowest BCUT2D eigenvalue weighted by atomic mass is 10.2. The lowest BCUT2D eigenvalue weighted by Gasteiger charge is -2.23. The molecule has 0 bridgehead atoms. The molecule has 0 aromatic rings. The standard InChI is InChI=1S/C6H14N6O4/c7-5(15)11(9)2-1-3(4(13)14)12(10)6(8)16/h3H,1-2,9-10H2,(H2,7,15)(H2,8,16)(H,13,14). The fraction of sp³-hybridized carbons (Fsp3) is 0.500. The van der Waals surface area contributed by atoms with Gasteiger partial charge in [0.2, 0.25) is 0 Å². The second-order valence-electron chi connectivity index (χ2n) is 2.92. The van der Waals surface area contributed by atoms with Crippen LogP contribution in [0.15, 0.2) is 0 Å². The van der Waals surface area contributed by atoms with Gasteiger partial charge in [0.15, 0.2) is 0 Å². The van der Waals surface area contributed by atoms with E-state index in [1.807, 2.05) is 0 Å². The fourth-order valence-electron chi connectivity index (χ4n) is 0.907. The zero-order valence-electron chi connectivity index (χ0n) is 8.37. The van der Waals surface area contributed by atoms with E-state index >= 15 is 0 Å². The molecule has 16 heavy (non-hydrogen) atoms. The molecule has 0 fully saturated rings. The smallest absolute Gasteiger partial charge is 0.329 e. The number of nitrogens with two attached hydrogens (primary N) is 4. The van der Waals surface area contributed by atoms with Gasteiger partial charge in [0.05, 0.1) is 0 Å². The first-order valence-corrected chi connectivity index (χ1v) is 4.15. The van der Waals surface area contributed by atoms with Crippen molar-refractivity contribution < 1.29 is 19.5 Å². The number of rotatable bonds is 5. The van der Waals surface area contributed by atoms with Crippen molar-refractivity contribution in [1.29, 1.82) is 0 Å². The highest BCUT2D eigenvalue weighted by molar-refractivity contribution is 5.81. The Morgan fingerprint density at radius 1 is 1.12 bits per heavy atom. The van der Waals surface area contributed by atoms with Gasteiger partial charge in [-0.05, 0) is 6.42 Å². The Hall–Kier alpha value is -2.07. The SMILES string of the molecule is NC(=O)N(N)CCC(C(=O)O)N(N)C(N)=O. The number of urea groups is 2. The summed E-state index contributed by atoms with van der Waals surface area (Å²) in [7, 11) is 0. The van der Waals surface area contributed by atoms with Gasteiger partial charge in [-0.15, -0.1) is 0 Å². The van der Waals surface area contributed by atoms with E-state index < -0.39 is 24.1 Å². The van der Waals surface area contributed by atoms with Crippen molar-refractivity contribution in [3.8, 4) is 0 Å².